The zero-order valence-electron chi connectivity index (χ0n) is 16.0. The van der Waals surface area contributed by atoms with Gasteiger partial charge in [-0.2, -0.15) is 4.98 Å². The fraction of sp³-hybridized carbons (Fsp3) is 0.500. The number of aryl methyl sites for hydroxylation is 1. The fourth-order valence-corrected chi connectivity index (χ4v) is 5.10. The number of furan rings is 1. The molecule has 0 aromatic carbocycles. The van der Waals surface area contributed by atoms with E-state index in [-0.39, 0.29) is 47.4 Å². The van der Waals surface area contributed by atoms with Gasteiger partial charge in [-0.3, -0.25) is 4.79 Å². The molecule has 0 radical (unpaired) electrons. The van der Waals surface area contributed by atoms with E-state index in [2.05, 4.69) is 9.97 Å². The molecule has 11 heteroatoms. The predicted molar refractivity (Wildman–Crippen MR) is 103 cm³/mol. The molecule has 2 saturated heterocycles. The van der Waals surface area contributed by atoms with Crippen molar-refractivity contribution in [2.75, 3.05) is 24.6 Å². The first-order valence-electron chi connectivity index (χ1n) is 9.21. The van der Waals surface area contributed by atoms with Crippen LogP contribution in [0.25, 0.3) is 11.1 Å². The van der Waals surface area contributed by atoms with Gasteiger partial charge in [-0.05, 0) is 20.3 Å². The SMILES string of the molecule is CCOC(=O)c1c(C)oc2nc(COC(=O)C34CCC(=O)N3CCS4)nc(N)c12. The number of hydrogen-bond donors (Lipinski definition) is 1. The molecule has 2 aliphatic rings. The molecule has 154 valence electrons. The van der Waals surface area contributed by atoms with Crippen molar-refractivity contribution in [1.29, 1.82) is 0 Å². The molecule has 1 unspecified atom stereocenters. The lowest BCUT2D eigenvalue weighted by Gasteiger charge is -2.28. The summed E-state index contributed by atoms with van der Waals surface area (Å²) in [7, 11) is 0. The van der Waals surface area contributed by atoms with Crippen LogP contribution in [0.4, 0.5) is 5.82 Å². The molecule has 1 atom stereocenters. The van der Waals surface area contributed by atoms with E-state index in [0.29, 0.717) is 30.9 Å². The molecule has 2 aromatic heterocycles. The number of thioether (sulfide) groups is 1. The number of carbonyl (C=O) groups is 3. The zero-order chi connectivity index (χ0) is 20.8. The highest BCUT2D eigenvalue weighted by molar-refractivity contribution is 8.01. The van der Waals surface area contributed by atoms with Crippen molar-refractivity contribution < 1.29 is 28.3 Å². The summed E-state index contributed by atoms with van der Waals surface area (Å²) in [6.07, 6.45) is 0.761. The molecule has 0 bridgehead atoms. The average molecular weight is 420 g/mol. The molecule has 10 nitrogen and oxygen atoms in total. The molecule has 4 heterocycles. The summed E-state index contributed by atoms with van der Waals surface area (Å²) in [5, 5.41) is 0.272. The van der Waals surface area contributed by atoms with Gasteiger partial charge in [0, 0.05) is 18.7 Å². The summed E-state index contributed by atoms with van der Waals surface area (Å²) in [6.45, 7) is 3.82. The summed E-state index contributed by atoms with van der Waals surface area (Å²) >= 11 is 1.42. The van der Waals surface area contributed by atoms with Crippen LogP contribution < -0.4 is 5.73 Å². The lowest BCUT2D eigenvalue weighted by atomic mass is 10.2. The van der Waals surface area contributed by atoms with Crippen LogP contribution in [-0.2, 0) is 25.7 Å². The van der Waals surface area contributed by atoms with Crippen LogP contribution in [-0.4, -0.2) is 56.5 Å². The summed E-state index contributed by atoms with van der Waals surface area (Å²) in [5.41, 5.74) is 6.32. The van der Waals surface area contributed by atoms with E-state index in [1.54, 1.807) is 18.7 Å². The minimum Gasteiger partial charge on any atom is -0.462 e. The smallest absolute Gasteiger partial charge is 0.343 e. The maximum absolute atomic E-state index is 12.7. The first-order valence-corrected chi connectivity index (χ1v) is 10.2. The molecule has 0 spiro atoms. The third kappa shape index (κ3) is 3.09. The number of nitrogens with zero attached hydrogens (tertiary/aromatic N) is 3. The van der Waals surface area contributed by atoms with Gasteiger partial charge >= 0.3 is 11.9 Å². The van der Waals surface area contributed by atoms with Gasteiger partial charge in [0.05, 0.1) is 12.0 Å². The van der Waals surface area contributed by atoms with Crippen molar-refractivity contribution in [1.82, 2.24) is 14.9 Å². The molecule has 2 aromatic rings. The van der Waals surface area contributed by atoms with Crippen LogP contribution in [0.2, 0.25) is 0 Å². The first-order chi connectivity index (χ1) is 13.9. The Balaban J connectivity index is 1.56. The van der Waals surface area contributed by atoms with E-state index >= 15 is 0 Å². The summed E-state index contributed by atoms with van der Waals surface area (Å²) in [4.78, 5) is 45.9. The Morgan fingerprint density at radius 3 is 2.90 bits per heavy atom. The van der Waals surface area contributed by atoms with Gasteiger partial charge in [0.15, 0.2) is 17.3 Å². The topological polar surface area (TPSA) is 138 Å². The number of hydrogen-bond acceptors (Lipinski definition) is 10. The van der Waals surface area contributed by atoms with Crippen LogP contribution >= 0.6 is 11.8 Å². The molecule has 1 amide bonds. The monoisotopic (exact) mass is 420 g/mol. The largest absolute Gasteiger partial charge is 0.462 e. The van der Waals surface area contributed by atoms with E-state index in [1.807, 2.05) is 0 Å². The maximum atomic E-state index is 12.7. The maximum Gasteiger partial charge on any atom is 0.343 e. The zero-order valence-corrected chi connectivity index (χ0v) is 16.8. The van der Waals surface area contributed by atoms with Gasteiger partial charge in [-0.15, -0.1) is 11.8 Å². The van der Waals surface area contributed by atoms with Crippen molar-refractivity contribution in [3.8, 4) is 0 Å². The normalized spacial score (nSPS) is 20.9. The highest BCUT2D eigenvalue weighted by Gasteiger charge is 2.56. The highest BCUT2D eigenvalue weighted by Crippen LogP contribution is 2.45. The van der Waals surface area contributed by atoms with Crippen LogP contribution in [0.3, 0.4) is 0 Å². The van der Waals surface area contributed by atoms with Crippen molar-refractivity contribution in [3.63, 3.8) is 0 Å². The summed E-state index contributed by atoms with van der Waals surface area (Å²) in [5.74, 6) is 0.0900. The van der Waals surface area contributed by atoms with Gasteiger partial charge in [0.1, 0.15) is 17.1 Å². The van der Waals surface area contributed by atoms with E-state index in [9.17, 15) is 14.4 Å². The Morgan fingerprint density at radius 2 is 2.14 bits per heavy atom. The molecule has 0 aliphatic carbocycles. The number of aromatic nitrogens is 2. The minimum absolute atomic E-state index is 0.0343. The first kappa shape index (κ1) is 19.5. The minimum atomic E-state index is -0.953. The molecule has 2 aliphatic heterocycles. The van der Waals surface area contributed by atoms with Crippen LogP contribution in [0.15, 0.2) is 4.42 Å². The third-order valence-corrected chi connectivity index (χ3v) is 6.46. The van der Waals surface area contributed by atoms with E-state index in [0.717, 1.165) is 0 Å². The summed E-state index contributed by atoms with van der Waals surface area (Å²) < 4.78 is 16.0. The fourth-order valence-electron chi connectivity index (χ4n) is 3.72. The molecular formula is C18H20N4O6S. The number of nitrogens with two attached hydrogens (primary N) is 1. The lowest BCUT2D eigenvalue weighted by Crippen LogP contribution is -2.46. The molecular weight excluding hydrogens is 400 g/mol. The molecule has 2 N–H and O–H groups in total. The predicted octanol–water partition coefficient (Wildman–Crippen LogP) is 1.40. The number of esters is 2. The number of ether oxygens (including phenoxy) is 2. The number of nitrogen functional groups attached to an aromatic ring is 1. The standard InChI is InChI=1S/C18H20N4O6S/c1-3-26-16(24)12-9(2)28-15-13(12)14(19)20-10(21-15)8-27-17(25)18-5-4-11(23)22(18)6-7-29-18/h3-8H2,1-2H3,(H2,19,20,21). The summed E-state index contributed by atoms with van der Waals surface area (Å²) in [6, 6.07) is 0. The van der Waals surface area contributed by atoms with Gasteiger partial charge in [-0.25, -0.2) is 14.6 Å². The van der Waals surface area contributed by atoms with Crippen molar-refractivity contribution >= 4 is 46.5 Å². The Hall–Kier alpha value is -2.82. The lowest BCUT2D eigenvalue weighted by molar-refractivity contribution is -0.154. The third-order valence-electron chi connectivity index (χ3n) is 5.00. The second-order valence-electron chi connectivity index (χ2n) is 6.71. The van der Waals surface area contributed by atoms with Crippen LogP contribution in [0.1, 0.15) is 41.7 Å². The Labute approximate surface area is 170 Å². The van der Waals surface area contributed by atoms with E-state index in [1.165, 1.54) is 11.8 Å². The van der Waals surface area contributed by atoms with Gasteiger partial charge < -0.3 is 24.5 Å². The van der Waals surface area contributed by atoms with Gasteiger partial charge in [0.25, 0.3) is 0 Å². The second kappa shape index (κ2) is 7.21. The van der Waals surface area contributed by atoms with Gasteiger partial charge in [0.2, 0.25) is 11.6 Å². The number of rotatable bonds is 5. The molecule has 29 heavy (non-hydrogen) atoms. The number of carbonyl (C=O) groups excluding carboxylic acids is 3. The Morgan fingerprint density at radius 1 is 1.34 bits per heavy atom. The number of anilines is 1. The number of amides is 1. The highest BCUT2D eigenvalue weighted by atomic mass is 32.2. The Kier molecular flexibility index (Phi) is 4.85. The number of fused-ring (bicyclic) bond motifs is 2. The Bertz CT molecular complexity index is 1020. The van der Waals surface area contributed by atoms with Crippen molar-refractivity contribution in [2.24, 2.45) is 0 Å². The van der Waals surface area contributed by atoms with Crippen LogP contribution in [0, 0.1) is 6.92 Å². The van der Waals surface area contributed by atoms with E-state index < -0.39 is 16.8 Å². The van der Waals surface area contributed by atoms with E-state index in [4.69, 9.17) is 19.6 Å². The molecule has 2 fully saturated rings. The van der Waals surface area contributed by atoms with Crippen molar-refractivity contribution in [2.45, 2.75) is 38.2 Å². The van der Waals surface area contributed by atoms with Crippen LogP contribution in [0.5, 0.6) is 0 Å². The molecule has 0 saturated carbocycles. The molecule has 4 rings (SSSR count). The second-order valence-corrected chi connectivity index (χ2v) is 8.09. The van der Waals surface area contributed by atoms with Crippen molar-refractivity contribution in [3.05, 3.63) is 17.1 Å². The van der Waals surface area contributed by atoms with Gasteiger partial charge in [-0.1, -0.05) is 0 Å². The quantitative estimate of drug-likeness (QED) is 0.706. The average Bonchev–Trinajstić information content (AvgIpc) is 3.33.